The Morgan fingerprint density at radius 2 is 2.14 bits per heavy atom. The van der Waals surface area contributed by atoms with Crippen molar-refractivity contribution in [3.63, 3.8) is 0 Å². The lowest BCUT2D eigenvalue weighted by Gasteiger charge is -2.24. The van der Waals surface area contributed by atoms with Crippen molar-refractivity contribution in [1.29, 1.82) is 0 Å². The molecule has 7 heteroatoms. The van der Waals surface area contributed by atoms with Crippen LogP contribution in [0.3, 0.4) is 0 Å². The van der Waals surface area contributed by atoms with E-state index < -0.39 is 0 Å². The standard InChI is InChI=1S/C22H20N4O2S/c27-22(18-12-20(28-25-18)21-10-5-11-29-21)24-17-8-4-9-19-16(17)13-23-26(19)14-15-6-2-1-3-7-15/h1-3,5-7,10-13,17H,4,8-9,14H2,(H,24,27). The summed E-state index contributed by atoms with van der Waals surface area (Å²) in [6.07, 6.45) is 4.77. The molecule has 1 N–H and O–H groups in total. The first-order valence-corrected chi connectivity index (χ1v) is 10.6. The van der Waals surface area contributed by atoms with Crippen molar-refractivity contribution in [2.75, 3.05) is 0 Å². The van der Waals surface area contributed by atoms with Crippen molar-refractivity contribution in [3.05, 3.63) is 82.6 Å². The number of aromatic nitrogens is 3. The normalized spacial score (nSPS) is 15.8. The third-order valence-electron chi connectivity index (χ3n) is 5.25. The van der Waals surface area contributed by atoms with Gasteiger partial charge in [0.15, 0.2) is 11.5 Å². The van der Waals surface area contributed by atoms with E-state index in [1.807, 2.05) is 46.6 Å². The highest BCUT2D eigenvalue weighted by molar-refractivity contribution is 7.13. The predicted molar refractivity (Wildman–Crippen MR) is 111 cm³/mol. The Hall–Kier alpha value is -3.19. The van der Waals surface area contributed by atoms with Crippen LogP contribution in [0.25, 0.3) is 10.6 Å². The highest BCUT2D eigenvalue weighted by Gasteiger charge is 2.27. The van der Waals surface area contributed by atoms with Gasteiger partial charge in [0.05, 0.1) is 23.7 Å². The van der Waals surface area contributed by atoms with Crippen molar-refractivity contribution in [2.45, 2.75) is 31.8 Å². The number of nitrogens with zero attached hydrogens (tertiary/aromatic N) is 3. The van der Waals surface area contributed by atoms with Gasteiger partial charge in [-0.2, -0.15) is 5.10 Å². The van der Waals surface area contributed by atoms with E-state index in [4.69, 9.17) is 4.52 Å². The molecule has 1 aliphatic carbocycles. The average Bonchev–Trinajstić information content (AvgIpc) is 3.50. The van der Waals surface area contributed by atoms with E-state index in [-0.39, 0.29) is 11.9 Å². The molecular formula is C22H20N4O2S. The highest BCUT2D eigenvalue weighted by Crippen LogP contribution is 2.31. The van der Waals surface area contributed by atoms with Crippen molar-refractivity contribution in [3.8, 4) is 10.6 Å². The maximum Gasteiger partial charge on any atom is 0.273 e. The van der Waals surface area contributed by atoms with Gasteiger partial charge in [0.2, 0.25) is 0 Å². The molecule has 1 atom stereocenters. The van der Waals surface area contributed by atoms with Crippen LogP contribution in [0, 0.1) is 0 Å². The van der Waals surface area contributed by atoms with Gasteiger partial charge in [-0.1, -0.05) is 41.6 Å². The third kappa shape index (κ3) is 3.61. The van der Waals surface area contributed by atoms with Crippen molar-refractivity contribution < 1.29 is 9.32 Å². The summed E-state index contributed by atoms with van der Waals surface area (Å²) >= 11 is 1.55. The molecule has 0 bridgehead atoms. The molecule has 3 aromatic heterocycles. The largest absolute Gasteiger partial charge is 0.355 e. The number of fused-ring (bicyclic) bond motifs is 1. The smallest absolute Gasteiger partial charge is 0.273 e. The summed E-state index contributed by atoms with van der Waals surface area (Å²) in [6, 6.07) is 15.8. The second kappa shape index (κ2) is 7.67. The minimum Gasteiger partial charge on any atom is -0.355 e. The van der Waals surface area contributed by atoms with Crippen LogP contribution in [0.2, 0.25) is 0 Å². The zero-order valence-corrected chi connectivity index (χ0v) is 16.6. The van der Waals surface area contributed by atoms with Crippen molar-refractivity contribution in [2.24, 2.45) is 0 Å². The topological polar surface area (TPSA) is 73.0 Å². The zero-order chi connectivity index (χ0) is 19.6. The van der Waals surface area contributed by atoms with E-state index in [2.05, 4.69) is 27.7 Å². The lowest BCUT2D eigenvalue weighted by molar-refractivity contribution is 0.0923. The Morgan fingerprint density at radius 1 is 1.24 bits per heavy atom. The van der Waals surface area contributed by atoms with Crippen LogP contribution in [0.1, 0.15) is 46.2 Å². The van der Waals surface area contributed by atoms with Crippen LogP contribution < -0.4 is 5.32 Å². The van der Waals surface area contributed by atoms with Gasteiger partial charge in [-0.05, 0) is 36.3 Å². The second-order valence-electron chi connectivity index (χ2n) is 7.16. The summed E-state index contributed by atoms with van der Waals surface area (Å²) in [5.74, 6) is 0.398. The number of thiophene rings is 1. The maximum atomic E-state index is 12.7. The van der Waals surface area contributed by atoms with Crippen LogP contribution in [-0.4, -0.2) is 20.8 Å². The van der Waals surface area contributed by atoms with Crippen LogP contribution in [0.15, 0.2) is 64.6 Å². The minimum absolute atomic E-state index is 0.0577. The van der Waals surface area contributed by atoms with E-state index in [0.29, 0.717) is 11.5 Å². The van der Waals surface area contributed by atoms with E-state index >= 15 is 0 Å². The fourth-order valence-electron chi connectivity index (χ4n) is 3.81. The summed E-state index contributed by atoms with van der Waals surface area (Å²) in [5, 5.41) is 13.6. The summed E-state index contributed by atoms with van der Waals surface area (Å²) < 4.78 is 7.39. The van der Waals surface area contributed by atoms with Gasteiger partial charge in [-0.3, -0.25) is 9.48 Å². The first-order valence-electron chi connectivity index (χ1n) is 9.68. The molecule has 1 unspecified atom stereocenters. The minimum atomic E-state index is -0.217. The van der Waals surface area contributed by atoms with Crippen LogP contribution in [0.5, 0.6) is 0 Å². The number of benzene rings is 1. The molecule has 0 saturated carbocycles. The third-order valence-corrected chi connectivity index (χ3v) is 6.13. The molecule has 0 saturated heterocycles. The quantitative estimate of drug-likeness (QED) is 0.533. The molecule has 6 nitrogen and oxygen atoms in total. The molecule has 3 heterocycles. The fourth-order valence-corrected chi connectivity index (χ4v) is 4.48. The predicted octanol–water partition coefficient (Wildman–Crippen LogP) is 4.46. The van der Waals surface area contributed by atoms with Gasteiger partial charge >= 0.3 is 0 Å². The first-order chi connectivity index (χ1) is 14.3. The number of hydrogen-bond acceptors (Lipinski definition) is 5. The molecule has 1 aromatic carbocycles. The molecule has 4 aromatic rings. The van der Waals surface area contributed by atoms with Gasteiger partial charge in [0.25, 0.3) is 5.91 Å². The molecule has 1 aliphatic rings. The molecule has 146 valence electrons. The van der Waals surface area contributed by atoms with Crippen LogP contribution in [-0.2, 0) is 13.0 Å². The number of amides is 1. The van der Waals surface area contributed by atoms with Crippen molar-refractivity contribution >= 4 is 17.2 Å². The van der Waals surface area contributed by atoms with E-state index in [1.54, 1.807) is 17.4 Å². The Kier molecular flexibility index (Phi) is 4.73. The van der Waals surface area contributed by atoms with E-state index in [1.165, 1.54) is 11.3 Å². The van der Waals surface area contributed by atoms with Crippen LogP contribution in [0.4, 0.5) is 0 Å². The maximum absolute atomic E-state index is 12.7. The Balaban J connectivity index is 1.33. The van der Waals surface area contributed by atoms with E-state index in [0.717, 1.165) is 36.2 Å². The monoisotopic (exact) mass is 404 g/mol. The van der Waals surface area contributed by atoms with Gasteiger partial charge in [0.1, 0.15) is 0 Å². The summed E-state index contributed by atoms with van der Waals surface area (Å²) in [4.78, 5) is 13.7. The second-order valence-corrected chi connectivity index (χ2v) is 8.11. The molecule has 29 heavy (non-hydrogen) atoms. The fraction of sp³-hybridized carbons (Fsp3) is 0.227. The number of carbonyl (C=O) groups excluding carboxylic acids is 1. The Bertz CT molecular complexity index is 1120. The Labute approximate surface area is 172 Å². The number of nitrogens with one attached hydrogen (secondary N) is 1. The highest BCUT2D eigenvalue weighted by atomic mass is 32.1. The lowest BCUT2D eigenvalue weighted by Crippen LogP contribution is -2.31. The van der Waals surface area contributed by atoms with Gasteiger partial charge in [-0.25, -0.2) is 0 Å². The van der Waals surface area contributed by atoms with Crippen LogP contribution >= 0.6 is 11.3 Å². The molecule has 0 aliphatic heterocycles. The molecule has 0 radical (unpaired) electrons. The Morgan fingerprint density at radius 3 is 2.97 bits per heavy atom. The SMILES string of the molecule is O=C(NC1CCCc2c1cnn2Cc1ccccc1)c1cc(-c2cccs2)on1. The number of rotatable bonds is 5. The average molecular weight is 404 g/mol. The van der Waals surface area contributed by atoms with Gasteiger partial charge < -0.3 is 9.84 Å². The summed E-state index contributed by atoms with van der Waals surface area (Å²) in [6.45, 7) is 0.740. The number of carbonyl (C=O) groups is 1. The molecule has 5 rings (SSSR count). The van der Waals surface area contributed by atoms with Gasteiger partial charge in [0, 0.05) is 17.3 Å². The molecule has 0 fully saturated rings. The summed E-state index contributed by atoms with van der Waals surface area (Å²) in [5.41, 5.74) is 3.82. The van der Waals surface area contributed by atoms with Crippen molar-refractivity contribution in [1.82, 2.24) is 20.3 Å². The lowest BCUT2D eigenvalue weighted by atomic mass is 9.92. The molecule has 0 spiro atoms. The first kappa shape index (κ1) is 17.9. The van der Waals surface area contributed by atoms with Gasteiger partial charge in [-0.15, -0.1) is 11.3 Å². The molecular weight excluding hydrogens is 384 g/mol. The number of hydrogen-bond donors (Lipinski definition) is 1. The molecule has 1 amide bonds. The summed E-state index contributed by atoms with van der Waals surface area (Å²) in [7, 11) is 0. The zero-order valence-electron chi connectivity index (χ0n) is 15.7. The van der Waals surface area contributed by atoms with E-state index in [9.17, 15) is 4.79 Å².